The monoisotopic (exact) mass is 112 g/mol. The van der Waals surface area contributed by atoms with Crippen LogP contribution < -0.4 is 0 Å². The molecule has 0 spiro atoms. The molecule has 0 heterocycles. The number of aliphatic hydroxyl groups is 1. The van der Waals surface area contributed by atoms with Gasteiger partial charge in [-0.3, -0.25) is 0 Å². The van der Waals surface area contributed by atoms with E-state index >= 15 is 0 Å². The second-order valence-electron chi connectivity index (χ2n) is 2.70. The largest absolute Gasteiger partial charge is 0.386 e. The molecule has 1 atom stereocenters. The van der Waals surface area contributed by atoms with Crippen molar-refractivity contribution in [2.45, 2.75) is 25.4 Å². The van der Waals surface area contributed by atoms with Gasteiger partial charge in [0.1, 0.15) is 0 Å². The zero-order chi connectivity index (χ0) is 6.20. The van der Waals surface area contributed by atoms with Gasteiger partial charge in [0, 0.05) is 0 Å². The second kappa shape index (κ2) is 1.59. The Bertz CT molecular complexity index is 101. The molecule has 1 aliphatic carbocycles. The molecule has 0 aromatic heterocycles. The van der Waals surface area contributed by atoms with Gasteiger partial charge in [-0.25, -0.2) is 0 Å². The van der Waals surface area contributed by atoms with Gasteiger partial charge in [0.2, 0.25) is 0 Å². The summed E-state index contributed by atoms with van der Waals surface area (Å²) < 4.78 is 0. The van der Waals surface area contributed by atoms with Crippen LogP contribution in [0.2, 0.25) is 0 Å². The average Bonchev–Trinajstić information content (AvgIpc) is 2.44. The van der Waals surface area contributed by atoms with E-state index in [2.05, 4.69) is 6.58 Å². The molecule has 1 nitrogen and oxygen atoms in total. The van der Waals surface area contributed by atoms with E-state index in [9.17, 15) is 5.11 Å². The van der Waals surface area contributed by atoms with Gasteiger partial charge in [0.15, 0.2) is 0 Å². The highest BCUT2D eigenvalue weighted by Crippen LogP contribution is 2.39. The fraction of sp³-hybridized carbons (Fsp3) is 0.714. The van der Waals surface area contributed by atoms with Crippen LogP contribution in [0.3, 0.4) is 0 Å². The van der Waals surface area contributed by atoms with E-state index in [0.29, 0.717) is 5.92 Å². The minimum absolute atomic E-state index is 0.500. The van der Waals surface area contributed by atoms with Gasteiger partial charge in [-0.15, -0.1) is 6.58 Å². The van der Waals surface area contributed by atoms with Gasteiger partial charge in [0.05, 0.1) is 5.60 Å². The molecule has 46 valence electrons. The van der Waals surface area contributed by atoms with Gasteiger partial charge in [-0.2, -0.15) is 0 Å². The Balaban J connectivity index is 2.49. The van der Waals surface area contributed by atoms with Crippen LogP contribution in [0.5, 0.6) is 0 Å². The SMILES string of the molecule is C=CC(C)(O)C1CC1. The van der Waals surface area contributed by atoms with Crippen molar-refractivity contribution in [1.82, 2.24) is 0 Å². The van der Waals surface area contributed by atoms with Gasteiger partial charge in [0.25, 0.3) is 0 Å². The van der Waals surface area contributed by atoms with Gasteiger partial charge < -0.3 is 5.11 Å². The summed E-state index contributed by atoms with van der Waals surface area (Å²) in [6.45, 7) is 5.36. The van der Waals surface area contributed by atoms with Crippen LogP contribution in [0, 0.1) is 5.92 Å². The van der Waals surface area contributed by atoms with Crippen LogP contribution in [-0.2, 0) is 0 Å². The molecule has 0 saturated heterocycles. The third-order valence-corrected chi connectivity index (χ3v) is 1.82. The first-order valence-electron chi connectivity index (χ1n) is 3.03. The normalized spacial score (nSPS) is 26.8. The zero-order valence-corrected chi connectivity index (χ0v) is 5.22. The Morgan fingerprint density at radius 1 is 1.75 bits per heavy atom. The zero-order valence-electron chi connectivity index (χ0n) is 5.22. The summed E-state index contributed by atoms with van der Waals surface area (Å²) in [5.41, 5.74) is -0.583. The minimum Gasteiger partial charge on any atom is -0.386 e. The molecule has 1 N–H and O–H groups in total. The molecule has 1 heteroatoms. The molecule has 0 aromatic carbocycles. The fourth-order valence-electron chi connectivity index (χ4n) is 0.834. The van der Waals surface area contributed by atoms with Crippen molar-refractivity contribution in [2.75, 3.05) is 0 Å². The van der Waals surface area contributed by atoms with Crippen molar-refractivity contribution >= 4 is 0 Å². The van der Waals surface area contributed by atoms with Gasteiger partial charge in [-0.05, 0) is 25.7 Å². The molecule has 1 fully saturated rings. The van der Waals surface area contributed by atoms with E-state index in [4.69, 9.17) is 0 Å². The van der Waals surface area contributed by atoms with Crippen LogP contribution in [0.4, 0.5) is 0 Å². The molecule has 1 rings (SSSR count). The lowest BCUT2D eigenvalue weighted by molar-refractivity contribution is 0.0881. The molecule has 0 radical (unpaired) electrons. The lowest BCUT2D eigenvalue weighted by Gasteiger charge is -2.16. The molecule has 0 aliphatic heterocycles. The average molecular weight is 112 g/mol. The summed E-state index contributed by atoms with van der Waals surface area (Å²) >= 11 is 0. The highest BCUT2D eigenvalue weighted by molar-refractivity contribution is 5.02. The Kier molecular flexibility index (Phi) is 1.16. The third-order valence-electron chi connectivity index (χ3n) is 1.82. The van der Waals surface area contributed by atoms with Crippen LogP contribution in [0.15, 0.2) is 12.7 Å². The van der Waals surface area contributed by atoms with E-state index in [-0.39, 0.29) is 0 Å². The Labute approximate surface area is 50.0 Å². The summed E-state index contributed by atoms with van der Waals surface area (Å²) in [5.74, 6) is 0.500. The smallest absolute Gasteiger partial charge is 0.0825 e. The van der Waals surface area contributed by atoms with Crippen molar-refractivity contribution in [2.24, 2.45) is 5.92 Å². The molecular weight excluding hydrogens is 100 g/mol. The third kappa shape index (κ3) is 0.920. The summed E-state index contributed by atoms with van der Waals surface area (Å²) in [5, 5.41) is 9.34. The number of hydrogen-bond donors (Lipinski definition) is 1. The first-order chi connectivity index (χ1) is 3.67. The predicted octanol–water partition coefficient (Wildman–Crippen LogP) is 1.33. The fourth-order valence-corrected chi connectivity index (χ4v) is 0.834. The summed E-state index contributed by atoms with van der Waals surface area (Å²) in [6.07, 6.45) is 3.96. The molecular formula is C7H12O. The maximum Gasteiger partial charge on any atom is 0.0825 e. The highest BCUT2D eigenvalue weighted by Gasteiger charge is 2.37. The first-order valence-corrected chi connectivity index (χ1v) is 3.03. The molecule has 1 unspecified atom stereocenters. The van der Waals surface area contributed by atoms with Crippen LogP contribution in [0.25, 0.3) is 0 Å². The summed E-state index contributed by atoms with van der Waals surface area (Å²) in [6, 6.07) is 0. The van der Waals surface area contributed by atoms with E-state index in [1.807, 2.05) is 6.92 Å². The topological polar surface area (TPSA) is 20.2 Å². The van der Waals surface area contributed by atoms with Crippen LogP contribution in [0.1, 0.15) is 19.8 Å². The molecule has 1 saturated carbocycles. The van der Waals surface area contributed by atoms with Crippen molar-refractivity contribution in [3.63, 3.8) is 0 Å². The van der Waals surface area contributed by atoms with Crippen LogP contribution >= 0.6 is 0 Å². The van der Waals surface area contributed by atoms with E-state index in [0.717, 1.165) is 0 Å². The van der Waals surface area contributed by atoms with Crippen molar-refractivity contribution < 1.29 is 5.11 Å². The van der Waals surface area contributed by atoms with Crippen molar-refractivity contribution in [3.05, 3.63) is 12.7 Å². The summed E-state index contributed by atoms with van der Waals surface area (Å²) in [4.78, 5) is 0. The van der Waals surface area contributed by atoms with Gasteiger partial charge >= 0.3 is 0 Å². The Hall–Kier alpha value is -0.300. The quantitative estimate of drug-likeness (QED) is 0.534. The highest BCUT2D eigenvalue weighted by atomic mass is 16.3. The minimum atomic E-state index is -0.583. The molecule has 0 bridgehead atoms. The van der Waals surface area contributed by atoms with E-state index < -0.39 is 5.60 Å². The lowest BCUT2D eigenvalue weighted by atomic mass is 10.0. The molecule has 1 aliphatic rings. The summed E-state index contributed by atoms with van der Waals surface area (Å²) in [7, 11) is 0. The van der Waals surface area contributed by atoms with Crippen molar-refractivity contribution in [3.8, 4) is 0 Å². The molecule has 0 aromatic rings. The number of rotatable bonds is 2. The van der Waals surface area contributed by atoms with Gasteiger partial charge in [-0.1, -0.05) is 6.08 Å². The van der Waals surface area contributed by atoms with E-state index in [1.165, 1.54) is 12.8 Å². The maximum absolute atomic E-state index is 9.34. The Morgan fingerprint density at radius 3 is 2.38 bits per heavy atom. The molecule has 8 heavy (non-hydrogen) atoms. The standard InChI is InChI=1S/C7H12O/c1-3-7(2,8)6-4-5-6/h3,6,8H,1,4-5H2,2H3. The van der Waals surface area contributed by atoms with E-state index in [1.54, 1.807) is 6.08 Å². The second-order valence-corrected chi connectivity index (χ2v) is 2.70. The Morgan fingerprint density at radius 2 is 2.25 bits per heavy atom. The number of hydrogen-bond acceptors (Lipinski definition) is 1. The molecule has 0 amide bonds. The predicted molar refractivity (Wildman–Crippen MR) is 33.5 cm³/mol. The van der Waals surface area contributed by atoms with Crippen LogP contribution in [-0.4, -0.2) is 10.7 Å². The first kappa shape index (κ1) is 5.83. The van der Waals surface area contributed by atoms with Crippen molar-refractivity contribution in [1.29, 1.82) is 0 Å². The lowest BCUT2D eigenvalue weighted by Crippen LogP contribution is -2.22. The maximum atomic E-state index is 9.34.